The van der Waals surface area contributed by atoms with Crippen molar-refractivity contribution < 1.29 is 13.2 Å². The molecule has 7 heteroatoms. The van der Waals surface area contributed by atoms with Gasteiger partial charge < -0.3 is 5.32 Å². The highest BCUT2D eigenvalue weighted by Crippen LogP contribution is 2.30. The molecular formula is C25H25ClN2O3S. The number of nitrogens with one attached hydrogen (secondary N) is 1. The van der Waals surface area contributed by atoms with Crippen LogP contribution < -0.4 is 9.62 Å². The smallest absolute Gasteiger partial charge is 0.264 e. The number of anilines is 1. The maximum Gasteiger partial charge on any atom is 0.264 e. The van der Waals surface area contributed by atoms with Crippen molar-refractivity contribution in [3.8, 4) is 0 Å². The van der Waals surface area contributed by atoms with E-state index in [1.165, 1.54) is 5.56 Å². The zero-order valence-electron chi connectivity index (χ0n) is 17.8. The number of aryl methyl sites for hydroxylation is 2. The number of rotatable bonds is 6. The first-order chi connectivity index (χ1) is 15.3. The number of sulfonamides is 1. The molecule has 5 nitrogen and oxygen atoms in total. The van der Waals surface area contributed by atoms with Gasteiger partial charge >= 0.3 is 0 Å². The Hall–Kier alpha value is -2.83. The van der Waals surface area contributed by atoms with Crippen LogP contribution in [0.15, 0.2) is 77.7 Å². The Morgan fingerprint density at radius 1 is 1.03 bits per heavy atom. The van der Waals surface area contributed by atoms with Crippen LogP contribution in [-0.4, -0.2) is 20.9 Å². The normalized spacial score (nSPS) is 15.6. The van der Waals surface area contributed by atoms with E-state index in [2.05, 4.69) is 11.4 Å². The summed E-state index contributed by atoms with van der Waals surface area (Å²) in [7, 11) is -3.95. The first-order valence-electron chi connectivity index (χ1n) is 10.6. The lowest BCUT2D eigenvalue weighted by molar-refractivity contribution is -0.120. The standard InChI is InChI=1S/C25H25ClN2O3S/c1-18-9-15-22(16-10-18)32(30,31)28(21-13-11-20(26)12-14-21)17-25(29)27-24-8-4-6-19-5-2-3-7-23(19)24/h2-3,5,7,9-16,24H,4,6,8,17H2,1H3,(H,27,29)/t24-/m1/s1. The first kappa shape index (κ1) is 22.4. The minimum absolute atomic E-state index is 0.124. The predicted molar refractivity (Wildman–Crippen MR) is 127 cm³/mol. The molecule has 0 unspecified atom stereocenters. The monoisotopic (exact) mass is 468 g/mol. The van der Waals surface area contributed by atoms with Gasteiger partial charge in [-0.3, -0.25) is 9.10 Å². The quantitative estimate of drug-likeness (QED) is 0.551. The fourth-order valence-corrected chi connectivity index (χ4v) is 5.58. The van der Waals surface area contributed by atoms with E-state index >= 15 is 0 Å². The molecule has 0 aromatic heterocycles. The van der Waals surface area contributed by atoms with Crippen LogP contribution >= 0.6 is 11.6 Å². The van der Waals surface area contributed by atoms with Gasteiger partial charge in [0.05, 0.1) is 16.6 Å². The number of benzene rings is 3. The summed E-state index contributed by atoms with van der Waals surface area (Å²) in [6.45, 7) is 1.57. The van der Waals surface area contributed by atoms with Gasteiger partial charge in [-0.25, -0.2) is 8.42 Å². The van der Waals surface area contributed by atoms with Crippen molar-refractivity contribution in [3.05, 3.63) is 94.5 Å². The van der Waals surface area contributed by atoms with Gasteiger partial charge in [-0.2, -0.15) is 0 Å². The van der Waals surface area contributed by atoms with Gasteiger partial charge in [0.15, 0.2) is 0 Å². The summed E-state index contributed by atoms with van der Waals surface area (Å²) in [5.41, 5.74) is 3.67. The van der Waals surface area contributed by atoms with Crippen LogP contribution in [0.3, 0.4) is 0 Å². The predicted octanol–water partition coefficient (Wildman–Crippen LogP) is 5.04. The van der Waals surface area contributed by atoms with Crippen LogP contribution in [0.25, 0.3) is 0 Å². The molecule has 166 valence electrons. The number of hydrogen-bond donors (Lipinski definition) is 1. The van der Waals surface area contributed by atoms with E-state index in [-0.39, 0.29) is 23.4 Å². The lowest BCUT2D eigenvalue weighted by Crippen LogP contribution is -2.42. The summed E-state index contributed by atoms with van der Waals surface area (Å²) >= 11 is 6.00. The molecule has 1 aliphatic carbocycles. The van der Waals surface area contributed by atoms with Gasteiger partial charge in [-0.15, -0.1) is 0 Å². The van der Waals surface area contributed by atoms with Gasteiger partial charge in [0, 0.05) is 5.02 Å². The molecule has 0 saturated heterocycles. The van der Waals surface area contributed by atoms with E-state index in [0.29, 0.717) is 10.7 Å². The van der Waals surface area contributed by atoms with E-state index in [9.17, 15) is 13.2 Å². The highest BCUT2D eigenvalue weighted by atomic mass is 35.5. The van der Waals surface area contributed by atoms with Crippen LogP contribution in [0.5, 0.6) is 0 Å². The van der Waals surface area contributed by atoms with Crippen LogP contribution in [0.1, 0.15) is 35.6 Å². The average Bonchev–Trinajstić information content (AvgIpc) is 2.79. The summed E-state index contributed by atoms with van der Waals surface area (Å²) in [5, 5.41) is 3.54. The number of halogens is 1. The molecule has 32 heavy (non-hydrogen) atoms. The Bertz CT molecular complexity index is 1210. The second-order valence-corrected chi connectivity index (χ2v) is 10.3. The fraction of sp³-hybridized carbons (Fsp3) is 0.240. The molecule has 0 fully saturated rings. The summed E-state index contributed by atoms with van der Waals surface area (Å²) in [4.78, 5) is 13.2. The minimum atomic E-state index is -3.95. The van der Waals surface area contributed by atoms with Crippen molar-refractivity contribution in [2.24, 2.45) is 0 Å². The molecular weight excluding hydrogens is 444 g/mol. The summed E-state index contributed by atoms with van der Waals surface area (Å²) in [6, 6.07) is 21.0. The van der Waals surface area contributed by atoms with Gasteiger partial charge in [0.2, 0.25) is 5.91 Å². The van der Waals surface area contributed by atoms with Crippen LogP contribution in [0, 0.1) is 6.92 Å². The zero-order valence-corrected chi connectivity index (χ0v) is 19.4. The SMILES string of the molecule is Cc1ccc(S(=O)(=O)N(CC(=O)N[C@@H]2CCCc3ccccc32)c2ccc(Cl)cc2)cc1. The van der Waals surface area contributed by atoms with Crippen molar-refractivity contribution in [1.29, 1.82) is 0 Å². The molecule has 1 N–H and O–H groups in total. The molecule has 3 aromatic carbocycles. The molecule has 1 atom stereocenters. The molecule has 1 amide bonds. The topological polar surface area (TPSA) is 66.5 Å². The van der Waals surface area contributed by atoms with E-state index in [1.54, 1.807) is 48.5 Å². The Kier molecular flexibility index (Phi) is 6.53. The molecule has 0 saturated carbocycles. The van der Waals surface area contributed by atoms with E-state index in [1.807, 2.05) is 25.1 Å². The largest absolute Gasteiger partial charge is 0.348 e. The maximum atomic E-state index is 13.5. The third-order valence-electron chi connectivity index (χ3n) is 5.72. The number of amides is 1. The second kappa shape index (κ2) is 9.35. The van der Waals surface area contributed by atoms with Crippen LogP contribution in [-0.2, 0) is 21.2 Å². The molecule has 0 heterocycles. The minimum Gasteiger partial charge on any atom is -0.348 e. The maximum absolute atomic E-state index is 13.5. The molecule has 3 aromatic rings. The summed E-state index contributed by atoms with van der Waals surface area (Å²) in [6.07, 6.45) is 2.79. The Morgan fingerprint density at radius 3 is 2.44 bits per heavy atom. The van der Waals surface area contributed by atoms with E-state index in [0.717, 1.165) is 34.7 Å². The van der Waals surface area contributed by atoms with Crippen molar-refractivity contribution in [1.82, 2.24) is 5.32 Å². The van der Waals surface area contributed by atoms with Crippen LogP contribution in [0.4, 0.5) is 5.69 Å². The fourth-order valence-electron chi connectivity index (χ4n) is 4.03. The van der Waals surface area contributed by atoms with Gasteiger partial charge in [-0.1, -0.05) is 53.6 Å². The Morgan fingerprint density at radius 2 is 1.72 bits per heavy atom. The third-order valence-corrected chi connectivity index (χ3v) is 7.76. The second-order valence-electron chi connectivity index (χ2n) is 8.01. The highest BCUT2D eigenvalue weighted by molar-refractivity contribution is 7.92. The van der Waals surface area contributed by atoms with Crippen molar-refractivity contribution in [3.63, 3.8) is 0 Å². The third kappa shape index (κ3) is 4.81. The number of hydrogen-bond acceptors (Lipinski definition) is 3. The molecule has 1 aliphatic rings. The van der Waals surface area contributed by atoms with Gasteiger partial charge in [0.25, 0.3) is 10.0 Å². The van der Waals surface area contributed by atoms with Crippen LogP contribution in [0.2, 0.25) is 5.02 Å². The Balaban J connectivity index is 1.62. The Labute approximate surface area is 194 Å². The summed E-state index contributed by atoms with van der Waals surface area (Å²) < 4.78 is 28.1. The zero-order chi connectivity index (χ0) is 22.7. The van der Waals surface area contributed by atoms with Crippen molar-refractivity contribution >= 4 is 33.2 Å². The van der Waals surface area contributed by atoms with Crippen molar-refractivity contribution in [2.45, 2.75) is 37.1 Å². The number of carbonyl (C=O) groups is 1. The van der Waals surface area contributed by atoms with E-state index in [4.69, 9.17) is 11.6 Å². The lowest BCUT2D eigenvalue weighted by atomic mass is 9.88. The molecule has 0 spiro atoms. The molecule has 0 radical (unpaired) electrons. The summed E-state index contributed by atoms with van der Waals surface area (Å²) in [5.74, 6) is -0.350. The number of carbonyl (C=O) groups excluding carboxylic acids is 1. The molecule has 0 bridgehead atoms. The van der Waals surface area contributed by atoms with Gasteiger partial charge in [-0.05, 0) is 73.7 Å². The first-order valence-corrected chi connectivity index (χ1v) is 12.4. The molecule has 0 aliphatic heterocycles. The number of fused-ring (bicyclic) bond motifs is 1. The lowest BCUT2D eigenvalue weighted by Gasteiger charge is -2.28. The highest BCUT2D eigenvalue weighted by Gasteiger charge is 2.29. The van der Waals surface area contributed by atoms with Crippen molar-refractivity contribution in [2.75, 3.05) is 10.8 Å². The average molecular weight is 469 g/mol. The van der Waals surface area contributed by atoms with E-state index < -0.39 is 10.0 Å². The van der Waals surface area contributed by atoms with Gasteiger partial charge in [0.1, 0.15) is 6.54 Å². The molecule has 4 rings (SSSR count). The number of nitrogens with zero attached hydrogens (tertiary/aromatic N) is 1.